The van der Waals surface area contributed by atoms with E-state index in [-0.39, 0.29) is 22.4 Å². The summed E-state index contributed by atoms with van der Waals surface area (Å²) in [6.45, 7) is 0. The van der Waals surface area contributed by atoms with Crippen molar-refractivity contribution in [1.29, 1.82) is 0 Å². The number of hydrogen-bond acceptors (Lipinski definition) is 8. The fourth-order valence-corrected chi connectivity index (χ4v) is 3.65. The van der Waals surface area contributed by atoms with Crippen molar-refractivity contribution in [2.75, 3.05) is 0 Å². The van der Waals surface area contributed by atoms with Gasteiger partial charge in [-0.15, -0.1) is 22.7 Å². The lowest BCUT2D eigenvalue weighted by molar-refractivity contribution is 0.0679. The summed E-state index contributed by atoms with van der Waals surface area (Å²) >= 11 is 8.51. The standard InChI is InChI=1S/C9H5ClN2O2S.C9H6N2O3S/c10-7-4-5(9(13)14)11-8(12-7)6-2-1-3-15-6;12-7-4-5(9(13)14)10-8(11-7)6-2-1-3-15-6/h1-4H,(H,13,14);1-4H,(H,13,14)(H,10,11,12). The average Bonchev–Trinajstić information content (AvgIpc) is 3.41. The molecule has 4 rings (SSSR count). The van der Waals surface area contributed by atoms with Gasteiger partial charge in [-0.05, 0) is 22.9 Å². The second-order valence-electron chi connectivity index (χ2n) is 5.44. The highest BCUT2D eigenvalue weighted by Crippen LogP contribution is 2.23. The molecule has 30 heavy (non-hydrogen) atoms. The van der Waals surface area contributed by atoms with E-state index >= 15 is 0 Å². The molecule has 0 aromatic carbocycles. The van der Waals surface area contributed by atoms with Crippen LogP contribution in [0.1, 0.15) is 21.0 Å². The van der Waals surface area contributed by atoms with Crippen LogP contribution < -0.4 is 5.56 Å². The minimum Gasteiger partial charge on any atom is -0.477 e. The van der Waals surface area contributed by atoms with Crippen molar-refractivity contribution in [3.63, 3.8) is 0 Å². The van der Waals surface area contributed by atoms with Gasteiger partial charge in [0.1, 0.15) is 5.15 Å². The summed E-state index contributed by atoms with van der Waals surface area (Å²) in [6, 6.07) is 9.38. The maximum absolute atomic E-state index is 11.2. The zero-order valence-corrected chi connectivity index (χ0v) is 17.2. The highest BCUT2D eigenvalue weighted by molar-refractivity contribution is 7.13. The number of aromatic carboxylic acids is 2. The van der Waals surface area contributed by atoms with Crippen LogP contribution >= 0.6 is 34.3 Å². The molecule has 0 bridgehead atoms. The van der Waals surface area contributed by atoms with Crippen LogP contribution in [-0.4, -0.2) is 42.1 Å². The largest absolute Gasteiger partial charge is 0.477 e. The van der Waals surface area contributed by atoms with E-state index in [1.54, 1.807) is 12.1 Å². The zero-order valence-electron chi connectivity index (χ0n) is 14.8. The van der Waals surface area contributed by atoms with Gasteiger partial charge in [0.05, 0.1) is 9.75 Å². The van der Waals surface area contributed by atoms with E-state index in [0.29, 0.717) is 5.82 Å². The fourth-order valence-electron chi connectivity index (χ4n) is 2.14. The van der Waals surface area contributed by atoms with Gasteiger partial charge in [-0.2, -0.15) is 0 Å². The van der Waals surface area contributed by atoms with Crippen molar-refractivity contribution in [3.05, 3.63) is 74.1 Å². The summed E-state index contributed by atoms with van der Waals surface area (Å²) < 4.78 is 0. The molecule has 4 aromatic rings. The van der Waals surface area contributed by atoms with Crippen molar-refractivity contribution in [3.8, 4) is 21.4 Å². The summed E-state index contributed by atoms with van der Waals surface area (Å²) in [5, 5.41) is 21.3. The van der Waals surface area contributed by atoms with Gasteiger partial charge in [0, 0.05) is 12.1 Å². The van der Waals surface area contributed by atoms with E-state index in [1.807, 2.05) is 22.9 Å². The highest BCUT2D eigenvalue weighted by atomic mass is 35.5. The summed E-state index contributed by atoms with van der Waals surface area (Å²) in [4.78, 5) is 48.2. The van der Waals surface area contributed by atoms with E-state index in [0.717, 1.165) is 15.8 Å². The molecule has 0 radical (unpaired) electrons. The minimum absolute atomic E-state index is 0.0987. The Balaban J connectivity index is 0.000000171. The van der Waals surface area contributed by atoms with Crippen molar-refractivity contribution in [2.45, 2.75) is 0 Å². The molecule has 0 amide bonds. The summed E-state index contributed by atoms with van der Waals surface area (Å²) in [6.07, 6.45) is 0. The molecule has 0 aliphatic rings. The summed E-state index contributed by atoms with van der Waals surface area (Å²) in [5.74, 6) is -1.69. The molecule has 0 aliphatic carbocycles. The third-order valence-electron chi connectivity index (χ3n) is 3.37. The second-order valence-corrected chi connectivity index (χ2v) is 7.73. The molecular weight excluding hydrogens is 452 g/mol. The number of carboxylic acids is 2. The maximum Gasteiger partial charge on any atom is 0.354 e. The number of aromatic nitrogens is 4. The number of nitrogens with one attached hydrogen (secondary N) is 1. The average molecular weight is 463 g/mol. The van der Waals surface area contributed by atoms with E-state index in [4.69, 9.17) is 21.8 Å². The number of H-pyrrole nitrogens is 1. The van der Waals surface area contributed by atoms with Gasteiger partial charge in [-0.25, -0.2) is 24.5 Å². The van der Waals surface area contributed by atoms with Crippen LogP contribution in [0.5, 0.6) is 0 Å². The van der Waals surface area contributed by atoms with Gasteiger partial charge in [-0.3, -0.25) is 4.79 Å². The lowest BCUT2D eigenvalue weighted by atomic mass is 10.3. The van der Waals surface area contributed by atoms with Crippen molar-refractivity contribution in [1.82, 2.24) is 19.9 Å². The Morgan fingerprint density at radius 3 is 2.07 bits per heavy atom. The molecule has 4 heterocycles. The number of nitrogens with zero attached hydrogens (tertiary/aromatic N) is 3. The van der Waals surface area contributed by atoms with Crippen LogP contribution in [-0.2, 0) is 0 Å². The molecule has 152 valence electrons. The number of carbonyl (C=O) groups is 2. The van der Waals surface area contributed by atoms with Crippen LogP contribution in [0.2, 0.25) is 5.15 Å². The predicted octanol–water partition coefficient (Wildman–Crippen LogP) is 3.75. The van der Waals surface area contributed by atoms with Gasteiger partial charge in [0.25, 0.3) is 5.56 Å². The first-order valence-electron chi connectivity index (χ1n) is 8.04. The molecule has 0 saturated carbocycles. The van der Waals surface area contributed by atoms with Crippen molar-refractivity contribution in [2.24, 2.45) is 0 Å². The van der Waals surface area contributed by atoms with Gasteiger partial charge in [0.2, 0.25) is 0 Å². The van der Waals surface area contributed by atoms with Crippen LogP contribution in [0.3, 0.4) is 0 Å². The first-order valence-corrected chi connectivity index (χ1v) is 10.2. The molecule has 0 unspecified atom stereocenters. The van der Waals surface area contributed by atoms with Gasteiger partial charge in [-0.1, -0.05) is 23.7 Å². The molecule has 12 heteroatoms. The van der Waals surface area contributed by atoms with Gasteiger partial charge < -0.3 is 15.2 Å². The molecule has 0 atom stereocenters. The van der Waals surface area contributed by atoms with E-state index in [9.17, 15) is 14.4 Å². The maximum atomic E-state index is 11.2. The fraction of sp³-hybridized carbons (Fsp3) is 0. The normalized spacial score (nSPS) is 10.2. The molecule has 3 N–H and O–H groups in total. The molecular formula is C18H11ClN4O5S2. The first kappa shape index (κ1) is 21.3. The van der Waals surface area contributed by atoms with E-state index in [2.05, 4.69) is 19.9 Å². The van der Waals surface area contributed by atoms with E-state index < -0.39 is 17.5 Å². The molecule has 0 aliphatic heterocycles. The Morgan fingerprint density at radius 2 is 1.50 bits per heavy atom. The lowest BCUT2D eigenvalue weighted by Crippen LogP contribution is -2.13. The van der Waals surface area contributed by atoms with Crippen LogP contribution in [0.25, 0.3) is 21.4 Å². The Morgan fingerprint density at radius 1 is 0.900 bits per heavy atom. The number of carboxylic acid groups (broad SMARTS) is 2. The highest BCUT2D eigenvalue weighted by Gasteiger charge is 2.11. The quantitative estimate of drug-likeness (QED) is 0.388. The van der Waals surface area contributed by atoms with Crippen LogP contribution in [0.15, 0.2) is 52.0 Å². The molecule has 0 fully saturated rings. The van der Waals surface area contributed by atoms with Gasteiger partial charge >= 0.3 is 11.9 Å². The molecule has 0 saturated heterocycles. The number of aromatic amines is 1. The number of halogens is 1. The lowest BCUT2D eigenvalue weighted by Gasteiger charge is -1.99. The minimum atomic E-state index is -1.21. The number of thiophene rings is 2. The Labute approximate surface area is 181 Å². The SMILES string of the molecule is O=C(O)c1cc(=O)[nH]c(-c2cccs2)n1.O=C(O)c1cc(Cl)nc(-c2cccs2)n1. The third kappa shape index (κ3) is 5.35. The van der Waals surface area contributed by atoms with Crippen molar-refractivity contribution >= 4 is 46.2 Å². The second kappa shape index (κ2) is 9.39. The predicted molar refractivity (Wildman–Crippen MR) is 112 cm³/mol. The molecule has 4 aromatic heterocycles. The molecule has 0 spiro atoms. The summed E-state index contributed by atoms with van der Waals surface area (Å²) in [5.41, 5.74) is -0.814. The topological polar surface area (TPSA) is 146 Å². The third-order valence-corrected chi connectivity index (χ3v) is 5.31. The monoisotopic (exact) mass is 462 g/mol. The van der Waals surface area contributed by atoms with E-state index in [1.165, 1.54) is 28.7 Å². The number of rotatable bonds is 4. The Kier molecular flexibility index (Phi) is 6.67. The summed E-state index contributed by atoms with van der Waals surface area (Å²) in [7, 11) is 0. The van der Waals surface area contributed by atoms with Crippen LogP contribution in [0.4, 0.5) is 0 Å². The molecule has 9 nitrogen and oxygen atoms in total. The van der Waals surface area contributed by atoms with Crippen LogP contribution in [0, 0.1) is 0 Å². The van der Waals surface area contributed by atoms with Gasteiger partial charge in [0.15, 0.2) is 23.0 Å². The first-order chi connectivity index (χ1) is 14.3. The smallest absolute Gasteiger partial charge is 0.354 e. The number of hydrogen-bond donors (Lipinski definition) is 3. The van der Waals surface area contributed by atoms with Crippen molar-refractivity contribution < 1.29 is 19.8 Å². The zero-order chi connectivity index (χ0) is 21.7. The Bertz CT molecular complexity index is 1240. The Hall–Kier alpha value is -3.41.